The lowest BCUT2D eigenvalue weighted by molar-refractivity contribution is -0.146. The van der Waals surface area contributed by atoms with Gasteiger partial charge in [0.25, 0.3) is 5.91 Å². The van der Waals surface area contributed by atoms with Crippen LogP contribution in [0.2, 0.25) is 18.6 Å². The SMILES string of the molecule is C[C@@H]1[C@@H]([Si](C)(C)O)[C@H](CCn2cc(CCO)nn2)O[C@@]12C(=O)N(Cc1ccccc1)c1ccc(N(C=O)c3ccccc3)cc12. The van der Waals surface area contributed by atoms with E-state index in [9.17, 15) is 19.5 Å². The topological polar surface area (TPSA) is 121 Å². The van der Waals surface area contributed by atoms with Crippen LogP contribution in [0.5, 0.6) is 0 Å². The van der Waals surface area contributed by atoms with Gasteiger partial charge >= 0.3 is 0 Å². The number of aromatic nitrogens is 3. The number of aliphatic hydroxyl groups is 1. The monoisotopic (exact) mass is 625 g/mol. The van der Waals surface area contributed by atoms with E-state index in [1.54, 1.807) is 14.5 Å². The van der Waals surface area contributed by atoms with E-state index in [0.717, 1.165) is 17.7 Å². The highest BCUT2D eigenvalue weighted by molar-refractivity contribution is 6.71. The van der Waals surface area contributed by atoms with Gasteiger partial charge in [0.2, 0.25) is 6.41 Å². The van der Waals surface area contributed by atoms with Crippen LogP contribution in [0.4, 0.5) is 17.1 Å². The minimum atomic E-state index is -2.87. The number of aryl methyl sites for hydroxylation is 1. The quantitative estimate of drug-likeness (QED) is 0.185. The Balaban J connectivity index is 1.43. The molecule has 4 aromatic rings. The molecule has 2 amide bonds. The molecule has 1 spiro atoms. The molecule has 0 aliphatic carbocycles. The van der Waals surface area contributed by atoms with E-state index in [1.807, 2.05) is 105 Å². The summed E-state index contributed by atoms with van der Waals surface area (Å²) in [5, 5.41) is 17.6. The Kier molecular flexibility index (Phi) is 8.44. The summed E-state index contributed by atoms with van der Waals surface area (Å²) in [5.74, 6) is -0.515. The van der Waals surface area contributed by atoms with E-state index in [-0.39, 0.29) is 24.0 Å². The van der Waals surface area contributed by atoms with Crippen molar-refractivity contribution in [2.24, 2.45) is 5.92 Å². The lowest BCUT2D eigenvalue weighted by Crippen LogP contribution is -2.46. The van der Waals surface area contributed by atoms with E-state index in [2.05, 4.69) is 10.3 Å². The number of rotatable bonds is 11. The van der Waals surface area contributed by atoms with Gasteiger partial charge < -0.3 is 19.5 Å². The third-order valence-electron chi connectivity index (χ3n) is 9.17. The van der Waals surface area contributed by atoms with Crippen LogP contribution in [0.25, 0.3) is 0 Å². The highest BCUT2D eigenvalue weighted by Crippen LogP contribution is 2.60. The number of anilines is 3. The van der Waals surface area contributed by atoms with Crippen molar-refractivity contribution < 1.29 is 24.2 Å². The molecule has 3 aromatic carbocycles. The molecule has 1 saturated heterocycles. The molecule has 6 rings (SSSR count). The van der Waals surface area contributed by atoms with Crippen molar-refractivity contribution in [3.8, 4) is 0 Å². The molecule has 1 fully saturated rings. The van der Waals surface area contributed by atoms with Crippen LogP contribution >= 0.6 is 0 Å². The van der Waals surface area contributed by atoms with Crippen LogP contribution in [-0.4, -0.2) is 58.2 Å². The van der Waals surface area contributed by atoms with Crippen molar-refractivity contribution in [3.63, 3.8) is 0 Å². The number of fused-ring (bicyclic) bond motifs is 2. The van der Waals surface area contributed by atoms with E-state index in [1.165, 1.54) is 0 Å². The van der Waals surface area contributed by atoms with Crippen molar-refractivity contribution in [2.75, 3.05) is 16.4 Å². The van der Waals surface area contributed by atoms with Crippen molar-refractivity contribution in [1.29, 1.82) is 0 Å². The maximum Gasteiger partial charge on any atom is 0.264 e. The average molecular weight is 626 g/mol. The van der Waals surface area contributed by atoms with Crippen LogP contribution in [0.1, 0.15) is 30.2 Å². The zero-order valence-electron chi connectivity index (χ0n) is 25.8. The molecular weight excluding hydrogens is 586 g/mol. The van der Waals surface area contributed by atoms with Crippen LogP contribution in [0.3, 0.4) is 0 Å². The molecule has 0 saturated carbocycles. The number of amides is 2. The third-order valence-corrected chi connectivity index (χ3v) is 11.7. The summed E-state index contributed by atoms with van der Waals surface area (Å²) in [7, 11) is -2.87. The predicted octanol–water partition coefficient (Wildman–Crippen LogP) is 4.54. The number of carbonyl (C=O) groups excluding carboxylic acids is 2. The normalized spacial score (nSPS) is 22.6. The smallest absolute Gasteiger partial charge is 0.264 e. The first-order chi connectivity index (χ1) is 21.7. The van der Waals surface area contributed by atoms with Gasteiger partial charge in [0.1, 0.15) is 0 Å². The Hall–Kier alpha value is -4.16. The van der Waals surface area contributed by atoms with Crippen LogP contribution in [0.15, 0.2) is 85.1 Å². The molecule has 0 radical (unpaired) electrons. The number of nitrogens with zero attached hydrogens (tertiary/aromatic N) is 5. The molecule has 11 heteroatoms. The molecule has 0 unspecified atom stereocenters. The largest absolute Gasteiger partial charge is 0.432 e. The molecular formula is C34H39N5O5Si. The number of hydrogen-bond acceptors (Lipinski definition) is 7. The van der Waals surface area contributed by atoms with Crippen molar-refractivity contribution in [1.82, 2.24) is 15.0 Å². The molecule has 45 heavy (non-hydrogen) atoms. The van der Waals surface area contributed by atoms with Gasteiger partial charge in [-0.25, -0.2) is 0 Å². The second-order valence-corrected chi connectivity index (χ2v) is 16.5. The Morgan fingerprint density at radius 1 is 1.04 bits per heavy atom. The standard InChI is InChI=1S/C34H39N5O5Si/c1-24-32(45(2,3)43)31(16-18-37-22-26(17-19-40)35-36-37)44-34(24)29-20-28(39(23-41)27-12-8-5-9-13-27)14-15-30(29)38(33(34)42)21-25-10-6-4-7-11-25/h4-15,20,22-24,31-32,40,43H,16-19,21H2,1-3H3/t24-,31+,32-,34+/m1/s1. The molecule has 2 aliphatic rings. The summed E-state index contributed by atoms with van der Waals surface area (Å²) in [6.07, 6.45) is 3.10. The zero-order valence-corrected chi connectivity index (χ0v) is 26.8. The number of ether oxygens (including phenoxy) is 1. The van der Waals surface area contributed by atoms with Gasteiger partial charge in [0.05, 0.1) is 24.0 Å². The van der Waals surface area contributed by atoms with Crippen molar-refractivity contribution >= 4 is 37.7 Å². The van der Waals surface area contributed by atoms with E-state index < -0.39 is 20.0 Å². The highest BCUT2D eigenvalue weighted by atomic mass is 28.4. The van der Waals surface area contributed by atoms with Gasteiger partial charge in [0.15, 0.2) is 13.9 Å². The van der Waals surface area contributed by atoms with Gasteiger partial charge in [-0.3, -0.25) is 19.2 Å². The first-order valence-corrected chi connectivity index (χ1v) is 18.4. The van der Waals surface area contributed by atoms with Crippen LogP contribution in [-0.2, 0) is 39.4 Å². The van der Waals surface area contributed by atoms with Crippen LogP contribution in [0, 0.1) is 5.92 Å². The summed E-state index contributed by atoms with van der Waals surface area (Å²) in [6, 6.07) is 24.9. The molecule has 3 heterocycles. The lowest BCUT2D eigenvalue weighted by Gasteiger charge is -2.32. The summed E-state index contributed by atoms with van der Waals surface area (Å²) in [5.41, 5.74) is 2.85. The van der Waals surface area contributed by atoms with Gasteiger partial charge in [-0.15, -0.1) is 5.10 Å². The Bertz CT molecular complexity index is 1660. The maximum atomic E-state index is 14.8. The van der Waals surface area contributed by atoms with Crippen LogP contribution < -0.4 is 9.80 Å². The fourth-order valence-electron chi connectivity index (χ4n) is 7.20. The fourth-order valence-corrected chi connectivity index (χ4v) is 9.81. The molecule has 4 atom stereocenters. The van der Waals surface area contributed by atoms with E-state index in [0.29, 0.717) is 48.6 Å². The Morgan fingerprint density at radius 2 is 1.76 bits per heavy atom. The third kappa shape index (κ3) is 5.61. The van der Waals surface area contributed by atoms with Crippen molar-refractivity contribution in [2.45, 2.75) is 63.2 Å². The molecule has 1 aromatic heterocycles. The minimum Gasteiger partial charge on any atom is -0.432 e. The summed E-state index contributed by atoms with van der Waals surface area (Å²) < 4.78 is 8.71. The van der Waals surface area contributed by atoms with Gasteiger partial charge in [0, 0.05) is 54.2 Å². The summed E-state index contributed by atoms with van der Waals surface area (Å²) >= 11 is 0. The predicted molar refractivity (Wildman–Crippen MR) is 173 cm³/mol. The number of carbonyl (C=O) groups is 2. The van der Waals surface area contributed by atoms with E-state index >= 15 is 0 Å². The van der Waals surface area contributed by atoms with Gasteiger partial charge in [-0.2, -0.15) is 0 Å². The van der Waals surface area contributed by atoms with Gasteiger partial charge in [-0.05, 0) is 55.4 Å². The molecule has 10 nitrogen and oxygen atoms in total. The number of benzene rings is 3. The second-order valence-electron chi connectivity index (χ2n) is 12.5. The number of hydrogen-bond donors (Lipinski definition) is 2. The Morgan fingerprint density at radius 3 is 2.42 bits per heavy atom. The molecule has 234 valence electrons. The number of para-hydroxylation sites is 1. The fraction of sp³-hybridized carbons (Fsp3) is 0.353. The maximum absolute atomic E-state index is 14.8. The highest BCUT2D eigenvalue weighted by Gasteiger charge is 2.66. The lowest BCUT2D eigenvalue weighted by atomic mass is 9.82. The average Bonchev–Trinajstić information content (AvgIpc) is 3.67. The Labute approximate surface area is 264 Å². The summed E-state index contributed by atoms with van der Waals surface area (Å²) in [6.45, 7) is 6.66. The van der Waals surface area contributed by atoms with Crippen molar-refractivity contribution in [3.05, 3.63) is 102 Å². The summed E-state index contributed by atoms with van der Waals surface area (Å²) in [4.78, 5) is 42.2. The minimum absolute atomic E-state index is 0.00830. The molecule has 2 aliphatic heterocycles. The molecule has 0 bridgehead atoms. The zero-order chi connectivity index (χ0) is 31.8. The first-order valence-electron chi connectivity index (χ1n) is 15.4. The number of aliphatic hydroxyl groups excluding tert-OH is 1. The van der Waals surface area contributed by atoms with Gasteiger partial charge in [-0.1, -0.05) is 60.7 Å². The van der Waals surface area contributed by atoms with E-state index in [4.69, 9.17) is 4.74 Å². The second kappa shape index (κ2) is 12.3. The molecule has 2 N–H and O–H groups in total. The first kappa shape index (κ1) is 30.8.